The van der Waals surface area contributed by atoms with Crippen molar-refractivity contribution in [2.24, 2.45) is 5.92 Å². The lowest BCUT2D eigenvalue weighted by Gasteiger charge is -2.47. The van der Waals surface area contributed by atoms with E-state index in [4.69, 9.17) is 0 Å². The van der Waals surface area contributed by atoms with E-state index >= 15 is 0 Å². The van der Waals surface area contributed by atoms with Gasteiger partial charge in [0, 0.05) is 73.9 Å². The largest absolute Gasteiger partial charge is 0.299 e. The van der Waals surface area contributed by atoms with Gasteiger partial charge >= 0.3 is 0 Å². The van der Waals surface area contributed by atoms with Gasteiger partial charge in [-0.3, -0.25) is 4.79 Å². The average molecular weight is 546 g/mol. The molecular formula is C14H16I2N2OS2. The Balaban J connectivity index is 1.85. The molecule has 0 spiro atoms. The number of nitrogens with zero attached hydrogens (tertiary/aromatic N) is 2. The molecule has 1 aromatic rings. The maximum Gasteiger partial charge on any atom is 0.140 e. The average Bonchev–Trinajstić information content (AvgIpc) is 2.55. The number of carbonyl (C=O) groups is 1. The highest BCUT2D eigenvalue weighted by molar-refractivity contribution is 14.2. The topological polar surface area (TPSA) is 23.6 Å². The van der Waals surface area contributed by atoms with E-state index in [1.807, 2.05) is 6.07 Å². The minimum atomic E-state index is 0.170. The van der Waals surface area contributed by atoms with Gasteiger partial charge in [0.05, 0.1) is 6.04 Å². The summed E-state index contributed by atoms with van der Waals surface area (Å²) in [4.78, 5) is 12.7. The number of carbonyl (C=O) groups excluding carboxylic acids is 1. The van der Waals surface area contributed by atoms with E-state index in [1.54, 1.807) is 18.2 Å². The smallest absolute Gasteiger partial charge is 0.140 e. The van der Waals surface area contributed by atoms with Crippen LogP contribution in [-0.4, -0.2) is 33.5 Å². The van der Waals surface area contributed by atoms with Gasteiger partial charge in [0.25, 0.3) is 0 Å². The molecule has 2 fully saturated rings. The molecule has 0 aliphatic carbocycles. The summed E-state index contributed by atoms with van der Waals surface area (Å²) < 4.78 is 4.79. The van der Waals surface area contributed by atoms with Crippen LogP contribution in [0, 0.1) is 5.92 Å². The monoisotopic (exact) mass is 546 g/mol. The maximum atomic E-state index is 12.7. The Morgan fingerprint density at radius 1 is 1.14 bits per heavy atom. The van der Waals surface area contributed by atoms with E-state index < -0.39 is 0 Å². The molecule has 0 unspecified atom stereocenters. The summed E-state index contributed by atoms with van der Waals surface area (Å²) in [5.74, 6) is 0.606. The highest BCUT2D eigenvalue weighted by Gasteiger charge is 2.45. The third-order valence-corrected chi connectivity index (χ3v) is 8.59. The van der Waals surface area contributed by atoms with Gasteiger partial charge in [-0.25, -0.2) is 8.61 Å². The number of hydrogen-bond acceptors (Lipinski definition) is 5. The van der Waals surface area contributed by atoms with Crippen molar-refractivity contribution in [2.75, 3.05) is 13.1 Å². The van der Waals surface area contributed by atoms with E-state index in [9.17, 15) is 4.79 Å². The summed E-state index contributed by atoms with van der Waals surface area (Å²) in [6.07, 6.45) is 1.71. The number of fused-ring (bicyclic) bond motifs is 1. The predicted octanol–water partition coefficient (Wildman–Crippen LogP) is 4.69. The second-order valence-electron chi connectivity index (χ2n) is 5.45. The number of hydrogen-bond donors (Lipinski definition) is 0. The first-order valence-corrected chi connectivity index (χ1v) is 13.6. The first-order valence-electron chi connectivity index (χ1n) is 6.93. The summed E-state index contributed by atoms with van der Waals surface area (Å²) in [5.41, 5.74) is 1.26. The minimum Gasteiger partial charge on any atom is -0.299 e. The molecular weight excluding hydrogens is 530 g/mol. The van der Waals surface area contributed by atoms with Crippen LogP contribution >= 0.6 is 60.6 Å². The molecule has 0 amide bonds. The van der Waals surface area contributed by atoms with Crippen LogP contribution in [0.1, 0.15) is 24.4 Å². The minimum absolute atomic E-state index is 0.170. The lowest BCUT2D eigenvalue weighted by molar-refractivity contribution is -0.130. The number of rotatable bonds is 3. The molecule has 2 aliphatic heterocycles. The van der Waals surface area contributed by atoms with Gasteiger partial charge in [-0.15, -0.1) is 0 Å². The molecule has 7 heteroatoms. The Morgan fingerprint density at radius 3 is 2.57 bits per heavy atom. The first-order chi connectivity index (χ1) is 10.2. The number of ketones is 1. The summed E-state index contributed by atoms with van der Waals surface area (Å²) in [5, 5.41) is 0. The first kappa shape index (κ1) is 16.8. The van der Waals surface area contributed by atoms with Crippen LogP contribution in [0.2, 0.25) is 0 Å². The molecule has 0 aromatic heterocycles. The molecule has 114 valence electrons. The van der Waals surface area contributed by atoms with Crippen LogP contribution < -0.4 is 0 Å². The Bertz CT molecular complexity index is 505. The van der Waals surface area contributed by atoms with Crippen molar-refractivity contribution in [1.82, 2.24) is 8.61 Å². The molecule has 2 heterocycles. The normalized spacial score (nSPS) is 31.1. The second-order valence-corrected chi connectivity index (χ2v) is 9.02. The van der Waals surface area contributed by atoms with Crippen molar-refractivity contribution >= 4 is 66.4 Å². The zero-order valence-corrected chi connectivity index (χ0v) is 17.3. The summed E-state index contributed by atoms with van der Waals surface area (Å²) in [6.45, 7) is 1.96. The number of Topliss-reactive ketones (excluding diaryl/α,β-unsaturated/α-hetero) is 1. The van der Waals surface area contributed by atoms with E-state index in [2.05, 4.69) is 75.3 Å². The van der Waals surface area contributed by atoms with Crippen molar-refractivity contribution in [3.63, 3.8) is 0 Å². The molecule has 3 rings (SSSR count). The van der Waals surface area contributed by atoms with Gasteiger partial charge in [0.15, 0.2) is 0 Å². The summed E-state index contributed by atoms with van der Waals surface area (Å²) in [6, 6.07) is 11.1. The van der Waals surface area contributed by atoms with Gasteiger partial charge < -0.3 is 0 Å². The molecule has 3 atom stereocenters. The molecule has 21 heavy (non-hydrogen) atoms. The summed E-state index contributed by atoms with van der Waals surface area (Å²) >= 11 is 4.69. The van der Waals surface area contributed by atoms with Gasteiger partial charge in [-0.05, 0) is 30.2 Å². The molecule has 2 saturated heterocycles. The standard InChI is InChI=1S/C14H16I2N2OS2/c15-20-17-7-6-12-11(9-17)14(19)8-13(18(12)21-16)10-4-2-1-3-5-10/h1-5,11-13H,6-9H2/t11-,12+,13+/m1/s1. The van der Waals surface area contributed by atoms with Gasteiger partial charge in [0.1, 0.15) is 5.78 Å². The van der Waals surface area contributed by atoms with Crippen molar-refractivity contribution in [3.8, 4) is 0 Å². The maximum absolute atomic E-state index is 12.7. The van der Waals surface area contributed by atoms with E-state index in [-0.39, 0.29) is 12.0 Å². The van der Waals surface area contributed by atoms with Crippen LogP contribution in [0.25, 0.3) is 0 Å². The molecule has 0 radical (unpaired) electrons. The van der Waals surface area contributed by atoms with Gasteiger partial charge in [-0.2, -0.15) is 0 Å². The van der Waals surface area contributed by atoms with Crippen molar-refractivity contribution in [1.29, 1.82) is 0 Å². The van der Waals surface area contributed by atoms with Crippen LogP contribution in [0.4, 0.5) is 0 Å². The van der Waals surface area contributed by atoms with Crippen molar-refractivity contribution in [2.45, 2.75) is 24.9 Å². The zero-order chi connectivity index (χ0) is 14.8. The lowest BCUT2D eigenvalue weighted by Crippen LogP contribution is -2.54. The molecule has 0 saturated carbocycles. The number of benzene rings is 1. The van der Waals surface area contributed by atoms with Gasteiger partial charge in [0.2, 0.25) is 0 Å². The Kier molecular flexibility index (Phi) is 6.16. The third-order valence-electron chi connectivity index (χ3n) is 4.34. The Labute approximate surface area is 158 Å². The third kappa shape index (κ3) is 3.57. The van der Waals surface area contributed by atoms with Crippen LogP contribution in [0.5, 0.6) is 0 Å². The van der Waals surface area contributed by atoms with Gasteiger partial charge in [-0.1, -0.05) is 30.3 Å². The SMILES string of the molecule is O=C1C[C@@H](c2ccccc2)N(SI)[C@H]2CCN(SI)C[C@@H]12. The fraction of sp³-hybridized carbons (Fsp3) is 0.500. The Hall–Kier alpha value is 0.970. The van der Waals surface area contributed by atoms with Crippen molar-refractivity contribution < 1.29 is 4.79 Å². The molecule has 0 N–H and O–H groups in total. The quantitative estimate of drug-likeness (QED) is 0.405. The highest BCUT2D eigenvalue weighted by Crippen LogP contribution is 2.45. The Morgan fingerprint density at radius 2 is 1.90 bits per heavy atom. The van der Waals surface area contributed by atoms with E-state index in [1.165, 1.54) is 5.56 Å². The van der Waals surface area contributed by atoms with E-state index in [0.29, 0.717) is 18.2 Å². The molecule has 3 nitrogen and oxygen atoms in total. The lowest BCUT2D eigenvalue weighted by atomic mass is 9.81. The predicted molar refractivity (Wildman–Crippen MR) is 107 cm³/mol. The number of halogens is 2. The van der Waals surface area contributed by atoms with Crippen LogP contribution in [-0.2, 0) is 4.79 Å². The van der Waals surface area contributed by atoms with Crippen LogP contribution in [0.3, 0.4) is 0 Å². The zero-order valence-electron chi connectivity index (χ0n) is 11.3. The second kappa shape index (κ2) is 7.69. The fourth-order valence-electron chi connectivity index (χ4n) is 3.30. The molecule has 1 aromatic carbocycles. The molecule has 0 bridgehead atoms. The summed E-state index contributed by atoms with van der Waals surface area (Å²) in [7, 11) is 3.50. The van der Waals surface area contributed by atoms with E-state index in [0.717, 1.165) is 19.5 Å². The van der Waals surface area contributed by atoms with Crippen LogP contribution in [0.15, 0.2) is 30.3 Å². The molecule has 2 aliphatic rings. The fourth-order valence-corrected chi connectivity index (χ4v) is 7.11. The van der Waals surface area contributed by atoms with Crippen molar-refractivity contribution in [3.05, 3.63) is 35.9 Å². The number of piperidine rings is 2. The highest BCUT2D eigenvalue weighted by atomic mass is 127.